The highest BCUT2D eigenvalue weighted by Crippen LogP contribution is 2.05. The van der Waals surface area contributed by atoms with Gasteiger partial charge in [-0.15, -0.1) is 0 Å². The summed E-state index contributed by atoms with van der Waals surface area (Å²) in [5.41, 5.74) is 2.65. The van der Waals surface area contributed by atoms with E-state index in [9.17, 15) is 0 Å². The first-order valence-electron chi connectivity index (χ1n) is 5.02. The maximum atomic E-state index is 2.30. The van der Waals surface area contributed by atoms with Crippen molar-refractivity contribution < 1.29 is 0 Å². The normalized spacial score (nSPS) is 9.25. The minimum atomic E-state index is 1.30. The third-order valence-electron chi connectivity index (χ3n) is 2.02. The highest BCUT2D eigenvalue weighted by atomic mass is 127. The summed E-state index contributed by atoms with van der Waals surface area (Å²) in [5, 5.41) is 0. The van der Waals surface area contributed by atoms with Gasteiger partial charge in [-0.05, 0) is 83.3 Å². The molecule has 0 saturated heterocycles. The molecule has 0 saturated carbocycles. The van der Waals surface area contributed by atoms with Crippen LogP contribution < -0.4 is 0 Å². The molecule has 0 spiro atoms. The fourth-order valence-corrected chi connectivity index (χ4v) is 1.79. The van der Waals surface area contributed by atoms with Gasteiger partial charge in [0, 0.05) is 7.14 Å². The van der Waals surface area contributed by atoms with Gasteiger partial charge >= 0.3 is 0 Å². The molecule has 0 atom stereocenters. The quantitative estimate of drug-likeness (QED) is 0.499. The van der Waals surface area contributed by atoms with Gasteiger partial charge in [0.2, 0.25) is 0 Å². The number of rotatable bonds is 0. The smallest absolute Gasteiger partial charge is 0.0130 e. The second kappa shape index (κ2) is 7.27. The fourth-order valence-electron chi connectivity index (χ4n) is 1.07. The summed E-state index contributed by atoms with van der Waals surface area (Å²) in [6, 6.07) is 16.9. The lowest BCUT2D eigenvalue weighted by molar-refractivity contribution is 1.46. The maximum Gasteiger partial charge on any atom is 0.0130 e. The molecule has 0 aliphatic carbocycles. The molecule has 2 aromatic carbocycles. The Morgan fingerprint density at radius 1 is 0.562 bits per heavy atom. The van der Waals surface area contributed by atoms with Crippen molar-refractivity contribution in [3.63, 3.8) is 0 Å². The Morgan fingerprint density at radius 3 is 1.00 bits per heavy atom. The van der Waals surface area contributed by atoms with Crippen molar-refractivity contribution in [1.29, 1.82) is 0 Å². The van der Waals surface area contributed by atoms with Crippen LogP contribution in [-0.4, -0.2) is 0 Å². The molecular weight excluding hydrogens is 422 g/mol. The lowest BCUT2D eigenvalue weighted by atomic mass is 10.2. The van der Waals surface area contributed by atoms with Crippen LogP contribution in [0.2, 0.25) is 0 Å². The van der Waals surface area contributed by atoms with E-state index in [1.54, 1.807) is 0 Å². The van der Waals surface area contributed by atoms with Crippen molar-refractivity contribution in [3.05, 3.63) is 66.8 Å². The summed E-state index contributed by atoms with van der Waals surface area (Å²) in [6.07, 6.45) is 0. The molecule has 2 rings (SSSR count). The zero-order valence-electron chi connectivity index (χ0n) is 9.37. The molecule has 0 bridgehead atoms. The highest BCUT2D eigenvalue weighted by molar-refractivity contribution is 14.1. The topological polar surface area (TPSA) is 0 Å². The van der Waals surface area contributed by atoms with Crippen LogP contribution in [0.15, 0.2) is 48.5 Å². The monoisotopic (exact) mass is 436 g/mol. The van der Waals surface area contributed by atoms with Gasteiger partial charge in [-0.2, -0.15) is 0 Å². The van der Waals surface area contributed by atoms with Crippen molar-refractivity contribution in [2.75, 3.05) is 0 Å². The molecule has 0 amide bonds. The molecule has 0 aliphatic rings. The SMILES string of the molecule is Cc1ccc(I)cc1.Cc1ccc(I)cc1. The molecule has 0 heterocycles. The zero-order chi connectivity index (χ0) is 12.0. The van der Waals surface area contributed by atoms with E-state index in [4.69, 9.17) is 0 Å². The zero-order valence-corrected chi connectivity index (χ0v) is 13.7. The largest absolute Gasteiger partial charge is 0.0583 e. The maximum absolute atomic E-state index is 2.30. The van der Waals surface area contributed by atoms with Gasteiger partial charge in [0.05, 0.1) is 0 Å². The summed E-state index contributed by atoms with van der Waals surface area (Å²) in [5.74, 6) is 0. The van der Waals surface area contributed by atoms with Gasteiger partial charge in [0.15, 0.2) is 0 Å². The Balaban J connectivity index is 0.000000160. The van der Waals surface area contributed by atoms with E-state index >= 15 is 0 Å². The summed E-state index contributed by atoms with van der Waals surface area (Å²) in [6.45, 7) is 4.19. The number of benzene rings is 2. The van der Waals surface area contributed by atoms with Crippen molar-refractivity contribution in [3.8, 4) is 0 Å². The van der Waals surface area contributed by atoms with Crippen molar-refractivity contribution in [2.45, 2.75) is 13.8 Å². The number of hydrogen-bond donors (Lipinski definition) is 0. The first-order valence-corrected chi connectivity index (χ1v) is 7.18. The lowest BCUT2D eigenvalue weighted by Gasteiger charge is -1.88. The molecule has 0 aliphatic heterocycles. The average Bonchev–Trinajstić information content (AvgIpc) is 2.28. The van der Waals surface area contributed by atoms with Crippen LogP contribution in [-0.2, 0) is 0 Å². The highest BCUT2D eigenvalue weighted by Gasteiger charge is 1.82. The molecule has 0 nitrogen and oxygen atoms in total. The van der Waals surface area contributed by atoms with Crippen LogP contribution >= 0.6 is 45.2 Å². The molecule has 2 aromatic rings. The summed E-state index contributed by atoms with van der Waals surface area (Å²) in [4.78, 5) is 0. The number of aryl methyl sites for hydroxylation is 2. The molecule has 0 unspecified atom stereocenters. The second-order valence-corrected chi connectivity index (χ2v) is 6.08. The van der Waals surface area contributed by atoms with Crippen LogP contribution in [0.25, 0.3) is 0 Å². The molecule has 0 aromatic heterocycles. The van der Waals surface area contributed by atoms with E-state index in [0.717, 1.165) is 0 Å². The van der Waals surface area contributed by atoms with Crippen LogP contribution in [0.4, 0.5) is 0 Å². The van der Waals surface area contributed by atoms with Gasteiger partial charge < -0.3 is 0 Å². The van der Waals surface area contributed by atoms with Crippen molar-refractivity contribution in [2.24, 2.45) is 0 Å². The third kappa shape index (κ3) is 5.84. The van der Waals surface area contributed by atoms with Gasteiger partial charge in [-0.1, -0.05) is 35.4 Å². The Morgan fingerprint density at radius 2 is 0.812 bits per heavy atom. The predicted octanol–water partition coefficient (Wildman–Crippen LogP) is 5.20. The molecule has 0 N–H and O–H groups in total. The van der Waals surface area contributed by atoms with E-state index in [0.29, 0.717) is 0 Å². The predicted molar refractivity (Wildman–Crippen MR) is 87.8 cm³/mol. The van der Waals surface area contributed by atoms with Crippen LogP contribution in [0.5, 0.6) is 0 Å². The third-order valence-corrected chi connectivity index (χ3v) is 3.46. The lowest BCUT2D eigenvalue weighted by Crippen LogP contribution is -1.69. The molecule has 84 valence electrons. The Bertz CT molecular complexity index is 330. The summed E-state index contributed by atoms with van der Waals surface area (Å²) >= 11 is 4.59. The van der Waals surface area contributed by atoms with E-state index in [1.807, 2.05) is 0 Å². The first kappa shape index (κ1) is 14.0. The molecule has 16 heavy (non-hydrogen) atoms. The van der Waals surface area contributed by atoms with Gasteiger partial charge in [0.25, 0.3) is 0 Å². The van der Waals surface area contributed by atoms with Crippen LogP contribution in [0.3, 0.4) is 0 Å². The van der Waals surface area contributed by atoms with Crippen LogP contribution in [0, 0.1) is 21.0 Å². The summed E-state index contributed by atoms with van der Waals surface area (Å²) in [7, 11) is 0. The van der Waals surface area contributed by atoms with Crippen LogP contribution in [0.1, 0.15) is 11.1 Å². The number of hydrogen-bond acceptors (Lipinski definition) is 0. The van der Waals surface area contributed by atoms with E-state index in [1.165, 1.54) is 18.3 Å². The average molecular weight is 436 g/mol. The Kier molecular flexibility index (Phi) is 6.34. The molecule has 2 heteroatoms. The van der Waals surface area contributed by atoms with Crippen molar-refractivity contribution in [1.82, 2.24) is 0 Å². The van der Waals surface area contributed by atoms with Gasteiger partial charge in [0.1, 0.15) is 0 Å². The first-order chi connectivity index (χ1) is 7.58. The van der Waals surface area contributed by atoms with E-state index in [-0.39, 0.29) is 0 Å². The Hall–Kier alpha value is -0.100. The second-order valence-electron chi connectivity index (χ2n) is 3.59. The Labute approximate surface area is 125 Å². The number of halogens is 2. The van der Waals surface area contributed by atoms with E-state index < -0.39 is 0 Å². The van der Waals surface area contributed by atoms with Gasteiger partial charge in [-0.25, -0.2) is 0 Å². The summed E-state index contributed by atoms with van der Waals surface area (Å²) < 4.78 is 2.60. The minimum absolute atomic E-state index is 1.30. The minimum Gasteiger partial charge on any atom is -0.0583 e. The van der Waals surface area contributed by atoms with Gasteiger partial charge in [-0.3, -0.25) is 0 Å². The standard InChI is InChI=1S/2C7H7I/c2*1-6-2-4-7(8)5-3-6/h2*2-5H,1H3. The molecular formula is C14H14I2. The van der Waals surface area contributed by atoms with Crippen molar-refractivity contribution >= 4 is 45.2 Å². The molecule has 0 radical (unpaired) electrons. The van der Waals surface area contributed by atoms with E-state index in [2.05, 4.69) is 108 Å². The molecule has 0 fully saturated rings. The fraction of sp³-hybridized carbons (Fsp3) is 0.143.